The van der Waals surface area contributed by atoms with E-state index in [2.05, 4.69) is 22.5 Å². The van der Waals surface area contributed by atoms with Crippen LogP contribution in [0.5, 0.6) is 0 Å². The van der Waals surface area contributed by atoms with Gasteiger partial charge in [-0.3, -0.25) is 4.99 Å². The highest BCUT2D eigenvalue weighted by molar-refractivity contribution is 14.0. The Hall–Kier alpha value is -0.870. The molecule has 8 heteroatoms. The number of sulfonamides is 1. The highest BCUT2D eigenvalue weighted by Gasteiger charge is 2.18. The molecule has 0 amide bonds. The summed E-state index contributed by atoms with van der Waals surface area (Å²) in [7, 11) is -1.89. The Labute approximate surface area is 174 Å². The van der Waals surface area contributed by atoms with E-state index in [4.69, 9.17) is 5.14 Å². The second-order valence-electron chi connectivity index (χ2n) is 6.97. The summed E-state index contributed by atoms with van der Waals surface area (Å²) < 4.78 is 22.5. The molecular formula is C18H31IN4O2S. The molecular weight excluding hydrogens is 463 g/mol. The molecule has 2 atom stereocenters. The molecule has 2 rings (SSSR count). The number of rotatable bonds is 6. The molecule has 1 aromatic carbocycles. The van der Waals surface area contributed by atoms with Gasteiger partial charge in [0.15, 0.2) is 5.96 Å². The normalized spacial score (nSPS) is 21.0. The molecule has 6 nitrogen and oxygen atoms in total. The lowest BCUT2D eigenvalue weighted by atomic mass is 9.81. The average Bonchev–Trinajstić information content (AvgIpc) is 2.57. The van der Waals surface area contributed by atoms with Crippen LogP contribution in [0.15, 0.2) is 34.2 Å². The molecule has 0 aliphatic heterocycles. The number of benzene rings is 1. The van der Waals surface area contributed by atoms with Crippen molar-refractivity contribution in [3.8, 4) is 0 Å². The van der Waals surface area contributed by atoms with Crippen molar-refractivity contribution in [3.05, 3.63) is 29.8 Å². The Bertz CT molecular complexity index is 677. The molecule has 26 heavy (non-hydrogen) atoms. The first-order chi connectivity index (χ1) is 11.9. The molecule has 1 aliphatic carbocycles. The maximum Gasteiger partial charge on any atom is 0.238 e. The van der Waals surface area contributed by atoms with Crippen LogP contribution < -0.4 is 15.8 Å². The number of nitrogens with one attached hydrogen (secondary N) is 2. The minimum absolute atomic E-state index is 0. The summed E-state index contributed by atoms with van der Waals surface area (Å²) in [5.74, 6) is 2.44. The van der Waals surface area contributed by atoms with Crippen LogP contribution in [-0.2, 0) is 16.6 Å². The molecule has 1 fully saturated rings. The van der Waals surface area contributed by atoms with Gasteiger partial charge in [-0.15, -0.1) is 24.0 Å². The SMILES string of the molecule is CN=C(NCCC1CCCC(C)C1)NCc1ccc(S(N)(=O)=O)cc1.I. The van der Waals surface area contributed by atoms with E-state index in [1.165, 1.54) is 44.2 Å². The van der Waals surface area contributed by atoms with Gasteiger partial charge in [-0.25, -0.2) is 13.6 Å². The van der Waals surface area contributed by atoms with Crippen molar-refractivity contribution < 1.29 is 8.42 Å². The molecule has 2 unspecified atom stereocenters. The number of hydrogen-bond donors (Lipinski definition) is 3. The second kappa shape index (κ2) is 11.1. The van der Waals surface area contributed by atoms with Crippen molar-refractivity contribution in [2.75, 3.05) is 13.6 Å². The molecule has 148 valence electrons. The number of aliphatic imine (C=N–C) groups is 1. The van der Waals surface area contributed by atoms with E-state index in [0.29, 0.717) is 6.54 Å². The largest absolute Gasteiger partial charge is 0.356 e. The Balaban J connectivity index is 0.00000338. The highest BCUT2D eigenvalue weighted by Crippen LogP contribution is 2.30. The van der Waals surface area contributed by atoms with Gasteiger partial charge in [0.25, 0.3) is 0 Å². The second-order valence-corrected chi connectivity index (χ2v) is 8.53. The molecule has 0 radical (unpaired) electrons. The van der Waals surface area contributed by atoms with Crippen molar-refractivity contribution in [1.29, 1.82) is 0 Å². The van der Waals surface area contributed by atoms with Crippen LogP contribution in [0.4, 0.5) is 0 Å². The first-order valence-electron chi connectivity index (χ1n) is 8.94. The fraction of sp³-hybridized carbons (Fsp3) is 0.611. The van der Waals surface area contributed by atoms with Crippen LogP contribution in [0.1, 0.15) is 44.6 Å². The van der Waals surface area contributed by atoms with Crippen LogP contribution in [0.3, 0.4) is 0 Å². The maximum absolute atomic E-state index is 11.3. The van der Waals surface area contributed by atoms with E-state index in [1.54, 1.807) is 19.2 Å². The van der Waals surface area contributed by atoms with Gasteiger partial charge in [-0.2, -0.15) is 0 Å². The quantitative estimate of drug-likeness (QED) is 0.322. The van der Waals surface area contributed by atoms with Gasteiger partial charge in [-0.1, -0.05) is 38.3 Å². The predicted octanol–water partition coefficient (Wildman–Crippen LogP) is 2.83. The summed E-state index contributed by atoms with van der Waals surface area (Å²) in [6.45, 7) is 3.84. The molecule has 1 aromatic rings. The van der Waals surface area contributed by atoms with Crippen molar-refractivity contribution >= 4 is 40.0 Å². The zero-order valence-corrected chi connectivity index (χ0v) is 18.7. The van der Waals surface area contributed by atoms with E-state index in [1.807, 2.05) is 0 Å². The van der Waals surface area contributed by atoms with Crippen LogP contribution in [-0.4, -0.2) is 28.0 Å². The van der Waals surface area contributed by atoms with Gasteiger partial charge in [0, 0.05) is 20.1 Å². The minimum Gasteiger partial charge on any atom is -0.356 e. The predicted molar refractivity (Wildman–Crippen MR) is 117 cm³/mol. The van der Waals surface area contributed by atoms with Gasteiger partial charge < -0.3 is 10.6 Å². The Morgan fingerprint density at radius 2 is 1.92 bits per heavy atom. The smallest absolute Gasteiger partial charge is 0.238 e. The van der Waals surface area contributed by atoms with E-state index in [0.717, 1.165) is 29.9 Å². The third kappa shape index (κ3) is 7.79. The van der Waals surface area contributed by atoms with Crippen molar-refractivity contribution in [3.63, 3.8) is 0 Å². The van der Waals surface area contributed by atoms with Gasteiger partial charge in [0.2, 0.25) is 10.0 Å². The molecule has 0 heterocycles. The Kier molecular flexibility index (Phi) is 9.88. The maximum atomic E-state index is 11.3. The molecule has 0 saturated heterocycles. The number of nitrogens with two attached hydrogens (primary N) is 1. The lowest BCUT2D eigenvalue weighted by Crippen LogP contribution is -2.38. The zero-order chi connectivity index (χ0) is 18.3. The van der Waals surface area contributed by atoms with Gasteiger partial charge in [0.1, 0.15) is 0 Å². The molecule has 0 aromatic heterocycles. The van der Waals surface area contributed by atoms with Crippen molar-refractivity contribution in [2.45, 2.75) is 50.5 Å². The number of primary sulfonamides is 1. The summed E-state index contributed by atoms with van der Waals surface area (Å²) in [6, 6.07) is 6.55. The number of guanidine groups is 1. The summed E-state index contributed by atoms with van der Waals surface area (Å²) in [5, 5.41) is 11.7. The summed E-state index contributed by atoms with van der Waals surface area (Å²) in [5.41, 5.74) is 0.969. The van der Waals surface area contributed by atoms with Crippen molar-refractivity contribution in [2.24, 2.45) is 22.0 Å². The van der Waals surface area contributed by atoms with Gasteiger partial charge in [-0.05, 0) is 42.4 Å². The van der Waals surface area contributed by atoms with Crippen LogP contribution in [0.25, 0.3) is 0 Å². The molecule has 0 bridgehead atoms. The zero-order valence-electron chi connectivity index (χ0n) is 15.6. The van der Waals surface area contributed by atoms with E-state index in [-0.39, 0.29) is 28.9 Å². The van der Waals surface area contributed by atoms with E-state index < -0.39 is 10.0 Å². The number of halogens is 1. The fourth-order valence-electron chi connectivity index (χ4n) is 3.42. The summed E-state index contributed by atoms with van der Waals surface area (Å²) in [4.78, 5) is 4.36. The third-order valence-electron chi connectivity index (χ3n) is 4.83. The monoisotopic (exact) mass is 494 g/mol. The lowest BCUT2D eigenvalue weighted by molar-refractivity contribution is 0.270. The molecule has 0 spiro atoms. The molecule has 1 saturated carbocycles. The van der Waals surface area contributed by atoms with Crippen LogP contribution in [0.2, 0.25) is 0 Å². The average molecular weight is 494 g/mol. The number of hydrogen-bond acceptors (Lipinski definition) is 3. The Morgan fingerprint density at radius 1 is 1.23 bits per heavy atom. The number of nitrogens with zero attached hydrogens (tertiary/aromatic N) is 1. The van der Waals surface area contributed by atoms with E-state index in [9.17, 15) is 8.42 Å². The Morgan fingerprint density at radius 3 is 2.50 bits per heavy atom. The first-order valence-corrected chi connectivity index (χ1v) is 10.5. The van der Waals surface area contributed by atoms with E-state index >= 15 is 0 Å². The molecule has 4 N–H and O–H groups in total. The summed E-state index contributed by atoms with van der Waals surface area (Å²) >= 11 is 0. The third-order valence-corrected chi connectivity index (χ3v) is 5.75. The van der Waals surface area contributed by atoms with Gasteiger partial charge in [0.05, 0.1) is 4.90 Å². The van der Waals surface area contributed by atoms with Crippen LogP contribution >= 0.6 is 24.0 Å². The minimum atomic E-state index is -3.64. The topological polar surface area (TPSA) is 96.6 Å². The standard InChI is InChI=1S/C18H30N4O2S.HI/c1-14-4-3-5-15(12-14)10-11-21-18(20-2)22-13-16-6-8-17(9-7-16)25(19,23)24;/h6-9,14-15H,3-5,10-13H2,1-2H3,(H2,19,23,24)(H2,20,21,22);1H. The van der Waals surface area contributed by atoms with Crippen LogP contribution in [0, 0.1) is 11.8 Å². The highest BCUT2D eigenvalue weighted by atomic mass is 127. The fourth-order valence-corrected chi connectivity index (χ4v) is 3.94. The molecule has 1 aliphatic rings. The van der Waals surface area contributed by atoms with Crippen molar-refractivity contribution in [1.82, 2.24) is 10.6 Å². The van der Waals surface area contributed by atoms with Gasteiger partial charge >= 0.3 is 0 Å². The lowest BCUT2D eigenvalue weighted by Gasteiger charge is -2.26. The first kappa shape index (κ1) is 23.2. The summed E-state index contributed by atoms with van der Waals surface area (Å²) in [6.07, 6.45) is 6.58.